The van der Waals surface area contributed by atoms with Crippen molar-refractivity contribution in [3.8, 4) is 0 Å². The summed E-state index contributed by atoms with van der Waals surface area (Å²) in [4.78, 5) is 21.8. The Kier molecular flexibility index (Phi) is 5.71. The summed E-state index contributed by atoms with van der Waals surface area (Å²) in [5.41, 5.74) is -0.643. The maximum Gasteiger partial charge on any atom is 0.359 e. The van der Waals surface area contributed by atoms with E-state index in [4.69, 9.17) is 10.5 Å². The lowest BCUT2D eigenvalue weighted by molar-refractivity contribution is -0.135. The molecular formula is C8H13NO4. The molecule has 0 fully saturated rings. The predicted molar refractivity (Wildman–Crippen MR) is 45.7 cm³/mol. The van der Waals surface area contributed by atoms with Crippen molar-refractivity contribution in [2.45, 2.75) is 19.8 Å². The van der Waals surface area contributed by atoms with E-state index in [1.165, 1.54) is 0 Å². The van der Waals surface area contributed by atoms with Crippen LogP contribution in [0.5, 0.6) is 0 Å². The molecule has 5 heteroatoms. The molecule has 0 aliphatic rings. The van der Waals surface area contributed by atoms with Crippen LogP contribution in [0.2, 0.25) is 0 Å². The number of carbonyl (C=O) groups is 2. The van der Waals surface area contributed by atoms with Gasteiger partial charge in [0, 0.05) is 13.0 Å². The highest BCUT2D eigenvalue weighted by molar-refractivity contribution is 6.63. The van der Waals surface area contributed by atoms with Gasteiger partial charge in [-0.1, -0.05) is 0 Å². The number of aliphatic hydroxyl groups excluding tert-OH is 1. The Morgan fingerprint density at radius 1 is 1.46 bits per heavy atom. The predicted octanol–water partition coefficient (Wildman–Crippen LogP) is -0.0891. The number of ketones is 1. The molecule has 0 aromatic heterocycles. The van der Waals surface area contributed by atoms with Crippen molar-refractivity contribution in [1.29, 1.82) is 5.41 Å². The van der Waals surface area contributed by atoms with Crippen LogP contribution in [-0.2, 0) is 14.3 Å². The second kappa shape index (κ2) is 6.30. The molecule has 0 aromatic rings. The summed E-state index contributed by atoms with van der Waals surface area (Å²) in [7, 11) is 0. The third-order valence-electron chi connectivity index (χ3n) is 1.32. The first-order valence-electron chi connectivity index (χ1n) is 4.03. The summed E-state index contributed by atoms with van der Waals surface area (Å²) in [6, 6.07) is 0. The average Bonchev–Trinajstić information content (AvgIpc) is 2.13. The Hall–Kier alpha value is -1.23. The molecule has 0 amide bonds. The second-order valence-electron chi connectivity index (χ2n) is 2.35. The van der Waals surface area contributed by atoms with Crippen molar-refractivity contribution in [3.63, 3.8) is 0 Å². The van der Waals surface area contributed by atoms with Crippen LogP contribution in [0.25, 0.3) is 0 Å². The maximum absolute atomic E-state index is 11.0. The van der Waals surface area contributed by atoms with Gasteiger partial charge in [0.1, 0.15) is 0 Å². The van der Waals surface area contributed by atoms with Gasteiger partial charge in [0.05, 0.1) is 6.61 Å². The molecule has 0 aliphatic heterocycles. The zero-order valence-corrected chi connectivity index (χ0v) is 7.50. The first kappa shape index (κ1) is 11.8. The summed E-state index contributed by atoms with van der Waals surface area (Å²) in [5, 5.41) is 15.5. The molecular weight excluding hydrogens is 174 g/mol. The van der Waals surface area contributed by atoms with Gasteiger partial charge in [-0.05, 0) is 13.3 Å². The number of aliphatic hydroxyl groups is 1. The van der Waals surface area contributed by atoms with Gasteiger partial charge in [0.15, 0.2) is 11.5 Å². The van der Waals surface area contributed by atoms with E-state index in [1.54, 1.807) is 6.92 Å². The lowest BCUT2D eigenvalue weighted by atomic mass is 10.1. The fraction of sp³-hybridized carbons (Fsp3) is 0.625. The van der Waals surface area contributed by atoms with Gasteiger partial charge in [-0.3, -0.25) is 10.2 Å². The minimum atomic E-state index is -0.898. The lowest BCUT2D eigenvalue weighted by Gasteiger charge is -2.01. The van der Waals surface area contributed by atoms with Gasteiger partial charge < -0.3 is 9.84 Å². The van der Waals surface area contributed by atoms with Crippen molar-refractivity contribution in [3.05, 3.63) is 0 Å². The number of ether oxygens (including phenoxy) is 1. The standard InChI is InChI=1S/C8H13NO4/c1-2-13-8(12)7(9)6(11)4-3-5-10/h9-10H,2-5H2,1H3. The molecule has 0 bridgehead atoms. The Morgan fingerprint density at radius 2 is 2.08 bits per heavy atom. The zero-order valence-electron chi connectivity index (χ0n) is 7.50. The summed E-state index contributed by atoms with van der Waals surface area (Å²) in [6.45, 7) is 1.62. The minimum Gasteiger partial charge on any atom is -0.461 e. The molecule has 74 valence electrons. The molecule has 0 aromatic carbocycles. The van der Waals surface area contributed by atoms with Gasteiger partial charge in [0.25, 0.3) is 0 Å². The SMILES string of the molecule is CCOC(=O)C(=N)C(=O)CCCO. The van der Waals surface area contributed by atoms with Crippen LogP contribution in [0.3, 0.4) is 0 Å². The number of rotatable bonds is 6. The van der Waals surface area contributed by atoms with Crippen LogP contribution >= 0.6 is 0 Å². The second-order valence-corrected chi connectivity index (χ2v) is 2.35. The number of Topliss-reactive ketones (excluding diaryl/α,β-unsaturated/α-hetero) is 1. The Balaban J connectivity index is 3.95. The van der Waals surface area contributed by atoms with Crippen LogP contribution < -0.4 is 0 Å². The largest absolute Gasteiger partial charge is 0.461 e. The fourth-order valence-electron chi connectivity index (χ4n) is 0.682. The van der Waals surface area contributed by atoms with Crippen LogP contribution in [0.4, 0.5) is 0 Å². The minimum absolute atomic E-state index is 0.00808. The molecule has 0 radical (unpaired) electrons. The quantitative estimate of drug-likeness (QED) is 0.345. The van der Waals surface area contributed by atoms with E-state index in [-0.39, 0.29) is 26.1 Å². The van der Waals surface area contributed by atoms with E-state index in [1.807, 2.05) is 0 Å². The normalized spacial score (nSPS) is 9.38. The Bertz CT molecular complexity index is 212. The topological polar surface area (TPSA) is 87.5 Å². The monoisotopic (exact) mass is 187 g/mol. The number of hydrogen-bond acceptors (Lipinski definition) is 5. The molecule has 0 saturated heterocycles. The van der Waals surface area contributed by atoms with Gasteiger partial charge in [-0.2, -0.15) is 0 Å². The van der Waals surface area contributed by atoms with Crippen molar-refractivity contribution in [2.24, 2.45) is 0 Å². The van der Waals surface area contributed by atoms with E-state index in [0.29, 0.717) is 0 Å². The average molecular weight is 187 g/mol. The van der Waals surface area contributed by atoms with E-state index in [2.05, 4.69) is 4.74 Å². The van der Waals surface area contributed by atoms with Crippen molar-refractivity contribution >= 4 is 17.5 Å². The van der Waals surface area contributed by atoms with Crippen molar-refractivity contribution in [2.75, 3.05) is 13.2 Å². The summed E-state index contributed by atoms with van der Waals surface area (Å²) in [5.74, 6) is -1.49. The molecule has 0 heterocycles. The summed E-state index contributed by atoms with van der Waals surface area (Å²) >= 11 is 0. The van der Waals surface area contributed by atoms with Crippen LogP contribution in [-0.4, -0.2) is 35.8 Å². The van der Waals surface area contributed by atoms with E-state index in [9.17, 15) is 9.59 Å². The maximum atomic E-state index is 11.0. The first-order valence-corrected chi connectivity index (χ1v) is 4.03. The van der Waals surface area contributed by atoms with Crippen LogP contribution in [0.15, 0.2) is 0 Å². The van der Waals surface area contributed by atoms with Gasteiger partial charge in [-0.25, -0.2) is 4.79 Å². The Labute approximate surface area is 76.2 Å². The summed E-state index contributed by atoms with van der Waals surface area (Å²) in [6.07, 6.45) is 0.273. The van der Waals surface area contributed by atoms with E-state index < -0.39 is 17.5 Å². The van der Waals surface area contributed by atoms with Gasteiger partial charge in [0.2, 0.25) is 0 Å². The van der Waals surface area contributed by atoms with Crippen molar-refractivity contribution < 1.29 is 19.4 Å². The smallest absolute Gasteiger partial charge is 0.359 e. The van der Waals surface area contributed by atoms with Crippen molar-refractivity contribution in [1.82, 2.24) is 0 Å². The molecule has 0 aliphatic carbocycles. The number of nitrogens with one attached hydrogen (secondary N) is 1. The zero-order chi connectivity index (χ0) is 10.3. The molecule has 5 nitrogen and oxygen atoms in total. The molecule has 0 rings (SSSR count). The van der Waals surface area contributed by atoms with Gasteiger partial charge >= 0.3 is 5.97 Å². The highest BCUT2D eigenvalue weighted by Gasteiger charge is 2.18. The summed E-state index contributed by atoms with van der Waals surface area (Å²) < 4.78 is 4.46. The highest BCUT2D eigenvalue weighted by Crippen LogP contribution is 1.93. The number of esters is 1. The number of carbonyl (C=O) groups excluding carboxylic acids is 2. The third kappa shape index (κ3) is 4.37. The Morgan fingerprint density at radius 3 is 2.54 bits per heavy atom. The third-order valence-corrected chi connectivity index (χ3v) is 1.32. The number of hydrogen-bond donors (Lipinski definition) is 2. The molecule has 13 heavy (non-hydrogen) atoms. The molecule has 0 spiro atoms. The van der Waals surface area contributed by atoms with Gasteiger partial charge in [-0.15, -0.1) is 0 Å². The molecule has 0 saturated carbocycles. The lowest BCUT2D eigenvalue weighted by Crippen LogP contribution is -2.25. The fourth-order valence-corrected chi connectivity index (χ4v) is 0.682. The molecule has 0 atom stereocenters. The molecule has 0 unspecified atom stereocenters. The van der Waals surface area contributed by atoms with Crippen LogP contribution in [0.1, 0.15) is 19.8 Å². The first-order chi connectivity index (χ1) is 6.13. The highest BCUT2D eigenvalue weighted by atomic mass is 16.5. The van der Waals surface area contributed by atoms with E-state index in [0.717, 1.165) is 0 Å². The van der Waals surface area contributed by atoms with Crippen LogP contribution in [0, 0.1) is 5.41 Å². The van der Waals surface area contributed by atoms with E-state index >= 15 is 0 Å². The molecule has 2 N–H and O–H groups in total.